The molecule has 110 valence electrons. The van der Waals surface area contributed by atoms with Crippen LogP contribution in [0, 0.1) is 0 Å². The molecule has 0 aliphatic rings. The van der Waals surface area contributed by atoms with E-state index in [4.69, 9.17) is 5.11 Å². The van der Waals surface area contributed by atoms with Crippen LogP contribution in [-0.4, -0.2) is 23.1 Å². The number of hydrogen-bond acceptors (Lipinski definition) is 2. The number of benzene rings is 2. The van der Waals surface area contributed by atoms with Crippen LogP contribution in [-0.2, 0) is 11.3 Å². The van der Waals surface area contributed by atoms with Crippen LogP contribution in [0.5, 0.6) is 0 Å². The second-order valence-electron chi connectivity index (χ2n) is 4.96. The predicted molar refractivity (Wildman–Crippen MR) is 81.0 cm³/mol. The Morgan fingerprint density at radius 3 is 2.62 bits per heavy atom. The predicted octanol–water partition coefficient (Wildman–Crippen LogP) is 2.50. The summed E-state index contributed by atoms with van der Waals surface area (Å²) >= 11 is 0. The zero-order valence-corrected chi connectivity index (χ0v) is 11.8. The standard InChI is InChI=1S/C16H18N2O3/c1-11(9-15(19)20)18-16(21)17-10-13-7-4-6-12-5-2-3-8-14(12)13/h2-8,11H,9-10H2,1H3,(H,19,20)(H2,17,18,21). The average molecular weight is 286 g/mol. The molecule has 2 amide bonds. The smallest absolute Gasteiger partial charge is 0.315 e. The molecule has 1 unspecified atom stereocenters. The second-order valence-corrected chi connectivity index (χ2v) is 4.96. The minimum Gasteiger partial charge on any atom is -0.481 e. The highest BCUT2D eigenvalue weighted by Crippen LogP contribution is 2.18. The quantitative estimate of drug-likeness (QED) is 0.790. The van der Waals surface area contributed by atoms with E-state index in [1.165, 1.54) is 0 Å². The van der Waals surface area contributed by atoms with Gasteiger partial charge in [0.05, 0.1) is 6.42 Å². The van der Waals surface area contributed by atoms with E-state index in [2.05, 4.69) is 10.6 Å². The van der Waals surface area contributed by atoms with Crippen molar-refractivity contribution < 1.29 is 14.7 Å². The Morgan fingerprint density at radius 2 is 1.86 bits per heavy atom. The summed E-state index contributed by atoms with van der Waals surface area (Å²) in [6.07, 6.45) is -0.0955. The SMILES string of the molecule is CC(CC(=O)O)NC(=O)NCc1cccc2ccccc12. The summed E-state index contributed by atoms with van der Waals surface area (Å²) in [5.74, 6) is -0.933. The number of amides is 2. The molecule has 0 spiro atoms. The second kappa shape index (κ2) is 6.74. The van der Waals surface area contributed by atoms with Crippen molar-refractivity contribution in [3.05, 3.63) is 48.0 Å². The zero-order chi connectivity index (χ0) is 15.2. The number of rotatable bonds is 5. The van der Waals surface area contributed by atoms with Crippen molar-refractivity contribution in [2.24, 2.45) is 0 Å². The monoisotopic (exact) mass is 286 g/mol. The molecule has 0 bridgehead atoms. The molecule has 0 radical (unpaired) electrons. The summed E-state index contributed by atoms with van der Waals surface area (Å²) in [6.45, 7) is 2.05. The van der Waals surface area contributed by atoms with E-state index < -0.39 is 12.0 Å². The van der Waals surface area contributed by atoms with E-state index in [-0.39, 0.29) is 12.5 Å². The Balaban J connectivity index is 1.95. The van der Waals surface area contributed by atoms with Gasteiger partial charge < -0.3 is 15.7 Å². The molecule has 1 atom stereocenters. The number of carboxylic acid groups (broad SMARTS) is 1. The largest absolute Gasteiger partial charge is 0.481 e. The first-order valence-corrected chi connectivity index (χ1v) is 6.79. The number of carbonyl (C=O) groups excluding carboxylic acids is 1. The first-order chi connectivity index (χ1) is 10.1. The van der Waals surface area contributed by atoms with Crippen molar-refractivity contribution in [1.29, 1.82) is 0 Å². The van der Waals surface area contributed by atoms with Gasteiger partial charge in [0.1, 0.15) is 0 Å². The molecule has 2 aromatic rings. The van der Waals surface area contributed by atoms with Gasteiger partial charge in [-0.3, -0.25) is 4.79 Å². The zero-order valence-electron chi connectivity index (χ0n) is 11.8. The molecule has 21 heavy (non-hydrogen) atoms. The van der Waals surface area contributed by atoms with Gasteiger partial charge in [-0.15, -0.1) is 0 Å². The van der Waals surface area contributed by atoms with Crippen LogP contribution < -0.4 is 10.6 Å². The summed E-state index contributed by atoms with van der Waals surface area (Å²) in [5, 5.41) is 16.2. The minimum absolute atomic E-state index is 0.0955. The molecular formula is C16H18N2O3. The third-order valence-electron chi connectivity index (χ3n) is 3.18. The Bertz CT molecular complexity index is 650. The molecule has 0 aliphatic heterocycles. The van der Waals surface area contributed by atoms with Gasteiger partial charge in [-0.05, 0) is 23.3 Å². The summed E-state index contributed by atoms with van der Waals surface area (Å²) < 4.78 is 0. The van der Waals surface area contributed by atoms with E-state index in [0.717, 1.165) is 16.3 Å². The highest BCUT2D eigenvalue weighted by molar-refractivity contribution is 5.86. The average Bonchev–Trinajstić information content (AvgIpc) is 2.44. The molecule has 0 aromatic heterocycles. The Morgan fingerprint density at radius 1 is 1.14 bits per heavy atom. The highest BCUT2D eigenvalue weighted by atomic mass is 16.4. The van der Waals surface area contributed by atoms with Crippen LogP contribution in [0.1, 0.15) is 18.9 Å². The molecule has 0 saturated heterocycles. The molecular weight excluding hydrogens is 268 g/mol. The van der Waals surface area contributed by atoms with Gasteiger partial charge in [0.25, 0.3) is 0 Å². The lowest BCUT2D eigenvalue weighted by Crippen LogP contribution is -2.41. The van der Waals surface area contributed by atoms with Gasteiger partial charge in [0.15, 0.2) is 0 Å². The molecule has 2 aromatic carbocycles. The summed E-state index contributed by atoms with van der Waals surface area (Å²) in [7, 11) is 0. The maximum Gasteiger partial charge on any atom is 0.315 e. The van der Waals surface area contributed by atoms with Crippen molar-refractivity contribution in [3.63, 3.8) is 0 Å². The Kier molecular flexibility index (Phi) is 4.77. The molecule has 3 N–H and O–H groups in total. The third kappa shape index (κ3) is 4.21. The van der Waals surface area contributed by atoms with E-state index in [1.807, 2.05) is 42.5 Å². The van der Waals surface area contributed by atoms with Crippen molar-refractivity contribution in [3.8, 4) is 0 Å². The number of fused-ring (bicyclic) bond motifs is 1. The normalized spacial score (nSPS) is 11.9. The number of carboxylic acids is 1. The number of nitrogens with one attached hydrogen (secondary N) is 2. The lowest BCUT2D eigenvalue weighted by Gasteiger charge is -2.13. The minimum atomic E-state index is -0.933. The number of carbonyl (C=O) groups is 2. The molecule has 5 heteroatoms. The van der Waals surface area contributed by atoms with Crippen LogP contribution in [0.3, 0.4) is 0 Å². The molecule has 0 aliphatic carbocycles. The fourth-order valence-corrected chi connectivity index (χ4v) is 2.21. The van der Waals surface area contributed by atoms with E-state index in [0.29, 0.717) is 6.54 Å². The molecule has 0 fully saturated rings. The van der Waals surface area contributed by atoms with Gasteiger partial charge in [-0.2, -0.15) is 0 Å². The fraction of sp³-hybridized carbons (Fsp3) is 0.250. The summed E-state index contributed by atoms with van der Waals surface area (Å²) in [4.78, 5) is 22.3. The van der Waals surface area contributed by atoms with Crippen LogP contribution in [0.2, 0.25) is 0 Å². The van der Waals surface area contributed by atoms with Gasteiger partial charge in [-0.1, -0.05) is 42.5 Å². The van der Waals surface area contributed by atoms with E-state index >= 15 is 0 Å². The lowest BCUT2D eigenvalue weighted by atomic mass is 10.0. The van der Waals surface area contributed by atoms with Gasteiger partial charge in [0.2, 0.25) is 0 Å². The molecule has 0 heterocycles. The maximum atomic E-state index is 11.7. The third-order valence-corrected chi connectivity index (χ3v) is 3.18. The number of urea groups is 1. The lowest BCUT2D eigenvalue weighted by molar-refractivity contribution is -0.137. The van der Waals surface area contributed by atoms with Crippen molar-refractivity contribution >= 4 is 22.8 Å². The Labute approximate surface area is 123 Å². The van der Waals surface area contributed by atoms with E-state index in [9.17, 15) is 9.59 Å². The van der Waals surface area contributed by atoms with Crippen LogP contribution in [0.4, 0.5) is 4.79 Å². The molecule has 2 rings (SSSR count). The van der Waals surface area contributed by atoms with E-state index in [1.54, 1.807) is 6.92 Å². The topological polar surface area (TPSA) is 78.4 Å². The first kappa shape index (κ1) is 14.8. The van der Waals surface area contributed by atoms with Crippen molar-refractivity contribution in [2.45, 2.75) is 25.9 Å². The van der Waals surface area contributed by atoms with Gasteiger partial charge in [-0.25, -0.2) is 4.79 Å². The molecule has 0 saturated carbocycles. The van der Waals surface area contributed by atoms with Crippen LogP contribution in [0.15, 0.2) is 42.5 Å². The fourth-order valence-electron chi connectivity index (χ4n) is 2.21. The Hall–Kier alpha value is -2.56. The number of aliphatic carboxylic acids is 1. The van der Waals surface area contributed by atoms with Gasteiger partial charge in [0, 0.05) is 12.6 Å². The van der Waals surface area contributed by atoms with Crippen LogP contribution in [0.25, 0.3) is 10.8 Å². The van der Waals surface area contributed by atoms with Crippen molar-refractivity contribution in [2.75, 3.05) is 0 Å². The van der Waals surface area contributed by atoms with Crippen molar-refractivity contribution in [1.82, 2.24) is 10.6 Å². The van der Waals surface area contributed by atoms with Gasteiger partial charge >= 0.3 is 12.0 Å². The maximum absolute atomic E-state index is 11.7. The molecule has 5 nitrogen and oxygen atoms in total. The summed E-state index contributed by atoms with van der Waals surface area (Å²) in [6, 6.07) is 13.1. The highest BCUT2D eigenvalue weighted by Gasteiger charge is 2.10. The first-order valence-electron chi connectivity index (χ1n) is 6.79. The number of hydrogen-bond donors (Lipinski definition) is 3. The summed E-state index contributed by atoms with van der Waals surface area (Å²) in [5.41, 5.74) is 1.02. The van der Waals surface area contributed by atoms with Crippen LogP contribution >= 0.6 is 0 Å².